The van der Waals surface area contributed by atoms with Crippen LogP contribution in [0.25, 0.3) is 0 Å². The van der Waals surface area contributed by atoms with Gasteiger partial charge < -0.3 is 15.5 Å². The summed E-state index contributed by atoms with van der Waals surface area (Å²) in [5, 5.41) is 23.8. The molecule has 30 heavy (non-hydrogen) atoms. The second kappa shape index (κ2) is 10.5. The van der Waals surface area contributed by atoms with E-state index in [0.717, 1.165) is 11.1 Å². The number of benzene rings is 2. The molecule has 0 radical (unpaired) electrons. The number of aliphatic hydroxyl groups is 1. The molecular formula is C22H29BrClNO4S. The quantitative estimate of drug-likeness (QED) is 0.541. The van der Waals surface area contributed by atoms with E-state index >= 15 is 0 Å². The number of hydrogen-bond acceptors (Lipinski definition) is 5. The van der Waals surface area contributed by atoms with Crippen molar-refractivity contribution in [3.63, 3.8) is 0 Å². The molecule has 2 aromatic rings. The molecular weight excluding hydrogens is 490 g/mol. The molecule has 1 saturated heterocycles. The van der Waals surface area contributed by atoms with Gasteiger partial charge in [0.1, 0.15) is 5.75 Å². The molecule has 0 aromatic heterocycles. The van der Waals surface area contributed by atoms with Gasteiger partial charge in [-0.3, -0.25) is 0 Å². The van der Waals surface area contributed by atoms with Crippen LogP contribution in [0.4, 0.5) is 0 Å². The van der Waals surface area contributed by atoms with Crippen molar-refractivity contribution in [1.29, 1.82) is 0 Å². The Bertz CT molecular complexity index is 967. The largest absolute Gasteiger partial charge is 0.507 e. The fraction of sp³-hybridized carbons (Fsp3) is 0.455. The van der Waals surface area contributed by atoms with Crippen LogP contribution in [-0.4, -0.2) is 42.3 Å². The minimum atomic E-state index is -3.26. The average molecular weight is 519 g/mol. The molecule has 3 atom stereocenters. The summed E-state index contributed by atoms with van der Waals surface area (Å²) in [5.41, 5.74) is 3.18. The van der Waals surface area contributed by atoms with Crippen molar-refractivity contribution >= 4 is 38.2 Å². The van der Waals surface area contributed by atoms with Gasteiger partial charge in [-0.15, -0.1) is 12.4 Å². The summed E-state index contributed by atoms with van der Waals surface area (Å²) in [6.45, 7) is 4.78. The van der Waals surface area contributed by atoms with Gasteiger partial charge in [0.2, 0.25) is 0 Å². The lowest BCUT2D eigenvalue weighted by molar-refractivity contribution is 0.0781. The minimum Gasteiger partial charge on any atom is -0.507 e. The van der Waals surface area contributed by atoms with Gasteiger partial charge in [-0.2, -0.15) is 0 Å². The van der Waals surface area contributed by atoms with Crippen LogP contribution in [0.5, 0.6) is 5.75 Å². The fourth-order valence-corrected chi connectivity index (χ4v) is 6.24. The molecule has 8 heteroatoms. The molecule has 1 fully saturated rings. The first-order chi connectivity index (χ1) is 13.6. The van der Waals surface area contributed by atoms with E-state index in [1.165, 1.54) is 5.56 Å². The van der Waals surface area contributed by atoms with Gasteiger partial charge in [0, 0.05) is 18.5 Å². The highest BCUT2D eigenvalue weighted by molar-refractivity contribution is 9.10. The summed E-state index contributed by atoms with van der Waals surface area (Å²) in [4.78, 5) is 0. The zero-order valence-electron chi connectivity index (χ0n) is 17.1. The number of hydrogen-bond donors (Lipinski definition) is 3. The highest BCUT2D eigenvalue weighted by Crippen LogP contribution is 2.28. The summed E-state index contributed by atoms with van der Waals surface area (Å²) in [5.74, 6) is 0.0598. The van der Waals surface area contributed by atoms with Crippen LogP contribution < -0.4 is 5.32 Å². The second-order valence-electron chi connectivity index (χ2n) is 8.20. The third-order valence-electron chi connectivity index (χ3n) is 5.49. The standard InChI is InChI=1S/C22H28BrNO4S.ClH/c1-14(2)17-5-3-4-16(9-17)11-24-20-13-29(27,28)12-18(22(20)26)8-15-6-7-21(25)19(23)10-15;/h3-7,9-10,14,18,20,22,24-26H,8,11-13H2,1-2H3;1H/t18-,20+,22+;/m1./s1. The zero-order valence-corrected chi connectivity index (χ0v) is 20.3. The number of halogens is 2. The Hall–Kier alpha value is -1.12. The summed E-state index contributed by atoms with van der Waals surface area (Å²) < 4.78 is 25.5. The maximum atomic E-state index is 12.5. The van der Waals surface area contributed by atoms with Crippen LogP contribution in [0.15, 0.2) is 46.9 Å². The lowest BCUT2D eigenvalue weighted by atomic mass is 9.91. The molecule has 1 aliphatic rings. The van der Waals surface area contributed by atoms with Gasteiger partial charge in [0.15, 0.2) is 9.84 Å². The van der Waals surface area contributed by atoms with Crippen molar-refractivity contribution < 1.29 is 18.6 Å². The number of aliphatic hydroxyl groups excluding tert-OH is 1. The Morgan fingerprint density at radius 1 is 1.13 bits per heavy atom. The molecule has 0 saturated carbocycles. The molecule has 2 aromatic carbocycles. The number of aromatic hydroxyl groups is 1. The third kappa shape index (κ3) is 6.44. The number of nitrogens with one attached hydrogen (secondary N) is 1. The van der Waals surface area contributed by atoms with Gasteiger partial charge >= 0.3 is 0 Å². The van der Waals surface area contributed by atoms with Crippen molar-refractivity contribution in [2.45, 2.75) is 44.9 Å². The first kappa shape index (κ1) is 25.1. The van der Waals surface area contributed by atoms with Crippen molar-refractivity contribution in [1.82, 2.24) is 5.32 Å². The molecule has 5 nitrogen and oxygen atoms in total. The summed E-state index contributed by atoms with van der Waals surface area (Å²) >= 11 is 3.28. The van der Waals surface area contributed by atoms with Crippen LogP contribution in [0, 0.1) is 5.92 Å². The van der Waals surface area contributed by atoms with Crippen molar-refractivity contribution in [2.24, 2.45) is 5.92 Å². The van der Waals surface area contributed by atoms with E-state index in [-0.39, 0.29) is 29.7 Å². The normalized spacial score (nSPS) is 23.2. The molecule has 1 heterocycles. The maximum Gasteiger partial charge on any atom is 0.152 e. The first-order valence-corrected chi connectivity index (χ1v) is 12.4. The highest BCUT2D eigenvalue weighted by atomic mass is 79.9. The monoisotopic (exact) mass is 517 g/mol. The van der Waals surface area contributed by atoms with Crippen molar-refractivity contribution in [3.8, 4) is 5.75 Å². The fourth-order valence-electron chi connectivity index (χ4n) is 3.84. The summed E-state index contributed by atoms with van der Waals surface area (Å²) in [7, 11) is -3.26. The Labute approximate surface area is 193 Å². The molecule has 0 bridgehead atoms. The van der Waals surface area contributed by atoms with Crippen molar-refractivity contribution in [2.75, 3.05) is 11.5 Å². The highest BCUT2D eigenvalue weighted by Gasteiger charge is 2.39. The van der Waals surface area contributed by atoms with Gasteiger partial charge in [0.05, 0.1) is 22.1 Å². The molecule has 1 aliphatic heterocycles. The van der Waals surface area contributed by atoms with E-state index in [0.29, 0.717) is 23.4 Å². The topological polar surface area (TPSA) is 86.6 Å². The first-order valence-electron chi connectivity index (χ1n) is 9.82. The van der Waals surface area contributed by atoms with Crippen molar-refractivity contribution in [3.05, 3.63) is 63.6 Å². The van der Waals surface area contributed by atoms with Crippen LogP contribution in [-0.2, 0) is 22.8 Å². The molecule has 0 spiro atoms. The zero-order chi connectivity index (χ0) is 21.2. The van der Waals surface area contributed by atoms with E-state index in [2.05, 4.69) is 47.2 Å². The van der Waals surface area contributed by atoms with Crippen LogP contribution >= 0.6 is 28.3 Å². The third-order valence-corrected chi connectivity index (χ3v) is 7.93. The lowest BCUT2D eigenvalue weighted by Crippen LogP contribution is -2.54. The maximum absolute atomic E-state index is 12.5. The molecule has 3 rings (SSSR count). The van der Waals surface area contributed by atoms with Crippen LogP contribution in [0.3, 0.4) is 0 Å². The van der Waals surface area contributed by atoms with Gasteiger partial charge in [-0.25, -0.2) is 8.42 Å². The van der Waals surface area contributed by atoms with Gasteiger partial charge in [-0.1, -0.05) is 44.2 Å². The van der Waals surface area contributed by atoms with Crippen LogP contribution in [0.1, 0.15) is 36.5 Å². The Kier molecular flexibility index (Phi) is 8.77. The summed E-state index contributed by atoms with van der Waals surface area (Å²) in [6, 6.07) is 12.8. The van der Waals surface area contributed by atoms with E-state index in [1.807, 2.05) is 12.1 Å². The number of phenols is 1. The van der Waals surface area contributed by atoms with E-state index in [4.69, 9.17) is 0 Å². The Morgan fingerprint density at radius 2 is 1.87 bits per heavy atom. The predicted octanol–water partition coefficient (Wildman–Crippen LogP) is 3.81. The van der Waals surface area contributed by atoms with E-state index < -0.39 is 27.9 Å². The smallest absolute Gasteiger partial charge is 0.152 e. The Balaban J connectivity index is 0.00000320. The van der Waals surface area contributed by atoms with E-state index in [9.17, 15) is 18.6 Å². The SMILES string of the molecule is CC(C)c1cccc(CN[C@H]2CS(=O)(=O)C[C@@H](Cc3ccc(O)c(Br)c3)[C@@H]2O)c1.Cl. The number of phenolic OH excluding ortho intramolecular Hbond substituents is 1. The second-order valence-corrected chi connectivity index (χ2v) is 11.2. The average Bonchev–Trinajstić information content (AvgIpc) is 2.66. The van der Waals surface area contributed by atoms with E-state index in [1.54, 1.807) is 18.2 Å². The predicted molar refractivity (Wildman–Crippen MR) is 126 cm³/mol. The molecule has 3 N–H and O–H groups in total. The summed E-state index contributed by atoms with van der Waals surface area (Å²) in [6.07, 6.45) is -0.334. The molecule has 0 unspecified atom stereocenters. The molecule has 0 amide bonds. The number of rotatable bonds is 6. The minimum absolute atomic E-state index is 0. The Morgan fingerprint density at radius 3 is 2.53 bits per heavy atom. The molecule has 166 valence electrons. The number of sulfone groups is 1. The van der Waals surface area contributed by atoms with Crippen LogP contribution in [0.2, 0.25) is 0 Å². The molecule has 0 aliphatic carbocycles. The van der Waals surface area contributed by atoms with Gasteiger partial charge in [0.25, 0.3) is 0 Å². The van der Waals surface area contributed by atoms with Gasteiger partial charge in [-0.05, 0) is 57.1 Å². The lowest BCUT2D eigenvalue weighted by Gasteiger charge is -2.35.